The molecule has 0 aromatic heterocycles. The first-order valence-corrected chi connectivity index (χ1v) is 24.7. The molecule has 0 aliphatic heterocycles. The van der Waals surface area contributed by atoms with Crippen molar-refractivity contribution in [3.8, 4) is 0 Å². The first-order chi connectivity index (χ1) is 25.1. The van der Waals surface area contributed by atoms with E-state index in [2.05, 4.69) is 27.7 Å². The van der Waals surface area contributed by atoms with Crippen LogP contribution in [0.3, 0.4) is 0 Å². The van der Waals surface area contributed by atoms with Crippen LogP contribution in [0.5, 0.6) is 0 Å². The Kier molecular flexibility index (Phi) is 21.6. The summed E-state index contributed by atoms with van der Waals surface area (Å²) in [6.45, 7) is 11.7. The van der Waals surface area contributed by atoms with Gasteiger partial charge in [0.05, 0.1) is 0 Å². The monoisotopic (exact) mass is 711 g/mol. The zero-order valence-electron chi connectivity index (χ0n) is 35.7. The van der Waals surface area contributed by atoms with Gasteiger partial charge in [-0.1, -0.05) is 182 Å². The molecule has 0 amide bonds. The number of hydrogen-bond acceptors (Lipinski definition) is 1. The van der Waals surface area contributed by atoms with E-state index in [0.29, 0.717) is 10.8 Å². The van der Waals surface area contributed by atoms with Crippen LogP contribution in [-0.4, -0.2) is 13.2 Å². The highest BCUT2D eigenvalue weighted by atomic mass is 16.5. The molecule has 2 unspecified atom stereocenters. The standard InChI is InChI=1S/C50H94O/c1-5-9-15-23-43-29-33-47(34-30-43)49(37-21-11-7-3,45-25-17-13-18-26-45)39-41-51-42-40-50(38-22-12-8-4,46-27-19-14-20-28-46)48-35-31-44(32-36-48)24-16-10-6-2/h43-48H,5-42H2,1-4H3/t43-,44-,47-,48-,49?,50?. The van der Waals surface area contributed by atoms with E-state index >= 15 is 0 Å². The van der Waals surface area contributed by atoms with Gasteiger partial charge in [0.1, 0.15) is 0 Å². The van der Waals surface area contributed by atoms with Gasteiger partial charge in [-0.25, -0.2) is 0 Å². The van der Waals surface area contributed by atoms with E-state index < -0.39 is 0 Å². The summed E-state index contributed by atoms with van der Waals surface area (Å²) >= 11 is 0. The van der Waals surface area contributed by atoms with E-state index in [-0.39, 0.29) is 0 Å². The number of rotatable bonds is 26. The number of ether oxygens (including phenoxy) is 1. The minimum atomic E-state index is 0.557. The van der Waals surface area contributed by atoms with Gasteiger partial charge in [0.15, 0.2) is 0 Å². The maximum Gasteiger partial charge on any atom is 0.0471 e. The third-order valence-electron chi connectivity index (χ3n) is 16.5. The van der Waals surface area contributed by atoms with Crippen LogP contribution in [0.25, 0.3) is 0 Å². The van der Waals surface area contributed by atoms with Crippen molar-refractivity contribution >= 4 is 0 Å². The Morgan fingerprint density at radius 2 is 0.686 bits per heavy atom. The summed E-state index contributed by atoms with van der Waals surface area (Å²) in [7, 11) is 0. The van der Waals surface area contributed by atoms with Gasteiger partial charge < -0.3 is 4.74 Å². The van der Waals surface area contributed by atoms with E-state index in [1.54, 1.807) is 0 Å². The molecule has 4 aliphatic rings. The molecule has 0 aromatic carbocycles. The molecule has 0 bridgehead atoms. The van der Waals surface area contributed by atoms with Gasteiger partial charge in [-0.15, -0.1) is 0 Å². The second kappa shape index (κ2) is 25.2. The normalized spacial score (nSPS) is 28.0. The van der Waals surface area contributed by atoms with E-state index in [0.717, 1.165) is 48.7 Å². The molecule has 4 aliphatic carbocycles. The largest absolute Gasteiger partial charge is 0.381 e. The Labute approximate surface area is 322 Å². The van der Waals surface area contributed by atoms with Crippen LogP contribution in [0.2, 0.25) is 0 Å². The number of hydrogen-bond donors (Lipinski definition) is 0. The highest BCUT2D eigenvalue weighted by Gasteiger charge is 2.47. The molecule has 1 nitrogen and oxygen atoms in total. The van der Waals surface area contributed by atoms with Crippen molar-refractivity contribution in [1.29, 1.82) is 0 Å². The Morgan fingerprint density at radius 1 is 0.353 bits per heavy atom. The lowest BCUT2D eigenvalue weighted by Crippen LogP contribution is -2.43. The lowest BCUT2D eigenvalue weighted by Gasteiger charge is -2.51. The van der Waals surface area contributed by atoms with Crippen LogP contribution in [0, 0.1) is 46.3 Å². The zero-order chi connectivity index (χ0) is 36.0. The zero-order valence-corrected chi connectivity index (χ0v) is 35.7. The summed E-state index contributed by atoms with van der Waals surface area (Å²) in [5, 5.41) is 0. The van der Waals surface area contributed by atoms with Gasteiger partial charge >= 0.3 is 0 Å². The third-order valence-corrected chi connectivity index (χ3v) is 16.5. The van der Waals surface area contributed by atoms with Crippen molar-refractivity contribution in [1.82, 2.24) is 0 Å². The molecule has 4 rings (SSSR count). The van der Waals surface area contributed by atoms with Gasteiger partial charge in [-0.2, -0.15) is 0 Å². The summed E-state index contributed by atoms with van der Waals surface area (Å²) in [5.41, 5.74) is 1.11. The molecular formula is C50H94O. The van der Waals surface area contributed by atoms with E-state index in [4.69, 9.17) is 4.74 Å². The fraction of sp³-hybridized carbons (Fsp3) is 1.00. The summed E-state index contributed by atoms with van der Waals surface area (Å²) in [6, 6.07) is 0. The summed E-state index contributed by atoms with van der Waals surface area (Å²) in [6.07, 6.45) is 53.2. The molecule has 4 fully saturated rings. The van der Waals surface area contributed by atoms with Crippen molar-refractivity contribution in [2.45, 2.75) is 259 Å². The minimum absolute atomic E-state index is 0.557. The fourth-order valence-electron chi connectivity index (χ4n) is 13.4. The lowest BCUT2D eigenvalue weighted by molar-refractivity contribution is -0.0490. The first kappa shape index (κ1) is 43.7. The van der Waals surface area contributed by atoms with Crippen LogP contribution in [0.4, 0.5) is 0 Å². The van der Waals surface area contributed by atoms with Gasteiger partial charge in [-0.05, 0) is 123 Å². The second-order valence-electron chi connectivity index (χ2n) is 19.6. The maximum atomic E-state index is 7.09. The van der Waals surface area contributed by atoms with Crippen LogP contribution >= 0.6 is 0 Å². The van der Waals surface area contributed by atoms with Crippen molar-refractivity contribution in [2.75, 3.05) is 13.2 Å². The molecule has 4 saturated carbocycles. The maximum absolute atomic E-state index is 7.09. The fourth-order valence-corrected chi connectivity index (χ4v) is 13.4. The first-order valence-electron chi connectivity index (χ1n) is 24.7. The lowest BCUT2D eigenvalue weighted by atomic mass is 9.54. The molecule has 51 heavy (non-hydrogen) atoms. The van der Waals surface area contributed by atoms with Crippen LogP contribution in [0.1, 0.15) is 259 Å². The summed E-state index contributed by atoms with van der Waals surface area (Å²) in [4.78, 5) is 0. The Bertz CT molecular complexity index is 754. The SMILES string of the molecule is CCCCCC(CCOCCC(CCCCC)(C1CCCCC1)[C@H]1CC[C@H](CCCCC)CC1)(C1CCCCC1)[C@H]1CC[C@H](CCCCC)CC1. The molecule has 2 atom stereocenters. The molecule has 0 radical (unpaired) electrons. The van der Waals surface area contributed by atoms with E-state index in [1.165, 1.54) is 231 Å². The molecule has 0 N–H and O–H groups in total. The van der Waals surface area contributed by atoms with E-state index in [1.807, 2.05) is 0 Å². The highest BCUT2D eigenvalue weighted by Crippen LogP contribution is 2.57. The molecule has 0 saturated heterocycles. The molecule has 0 heterocycles. The van der Waals surface area contributed by atoms with Crippen molar-refractivity contribution in [3.05, 3.63) is 0 Å². The molecular weight excluding hydrogens is 617 g/mol. The Balaban J connectivity index is 1.44. The second-order valence-corrected chi connectivity index (χ2v) is 19.6. The molecule has 0 spiro atoms. The smallest absolute Gasteiger partial charge is 0.0471 e. The van der Waals surface area contributed by atoms with Crippen molar-refractivity contribution in [3.63, 3.8) is 0 Å². The Morgan fingerprint density at radius 3 is 1.04 bits per heavy atom. The Hall–Kier alpha value is -0.0400. The summed E-state index contributed by atoms with van der Waals surface area (Å²) < 4.78 is 7.09. The third kappa shape index (κ3) is 13.6. The van der Waals surface area contributed by atoms with Crippen LogP contribution in [-0.2, 0) is 4.74 Å². The molecule has 1 heteroatoms. The van der Waals surface area contributed by atoms with E-state index in [9.17, 15) is 0 Å². The van der Waals surface area contributed by atoms with Crippen molar-refractivity contribution < 1.29 is 4.74 Å². The average Bonchev–Trinajstić information content (AvgIpc) is 3.18. The predicted octanol–water partition coefficient (Wildman–Crippen LogP) is 16.9. The predicted molar refractivity (Wildman–Crippen MR) is 226 cm³/mol. The van der Waals surface area contributed by atoms with Crippen molar-refractivity contribution in [2.24, 2.45) is 46.3 Å². The summed E-state index contributed by atoms with van der Waals surface area (Å²) in [5.74, 6) is 5.91. The quantitative estimate of drug-likeness (QED) is 0.0812. The van der Waals surface area contributed by atoms with Crippen LogP contribution < -0.4 is 0 Å². The average molecular weight is 711 g/mol. The van der Waals surface area contributed by atoms with Gasteiger partial charge in [-0.3, -0.25) is 0 Å². The number of unbranched alkanes of at least 4 members (excludes halogenated alkanes) is 8. The highest BCUT2D eigenvalue weighted by molar-refractivity contribution is 4.97. The molecule has 300 valence electrons. The van der Waals surface area contributed by atoms with Gasteiger partial charge in [0, 0.05) is 13.2 Å². The van der Waals surface area contributed by atoms with Crippen LogP contribution in [0.15, 0.2) is 0 Å². The van der Waals surface area contributed by atoms with Gasteiger partial charge in [0.25, 0.3) is 0 Å². The topological polar surface area (TPSA) is 9.23 Å². The molecule has 0 aromatic rings. The van der Waals surface area contributed by atoms with Gasteiger partial charge in [0.2, 0.25) is 0 Å². The minimum Gasteiger partial charge on any atom is -0.381 e.